The van der Waals surface area contributed by atoms with Crippen molar-refractivity contribution in [2.45, 2.75) is 38.5 Å². The first-order valence-electron chi connectivity index (χ1n) is 11.5. The van der Waals surface area contributed by atoms with Crippen LogP contribution in [0.2, 0.25) is 0 Å². The maximum atomic E-state index is 13.2. The number of hydrogen-bond acceptors (Lipinski definition) is 3. The maximum absolute atomic E-state index is 13.2. The fourth-order valence-electron chi connectivity index (χ4n) is 4.80. The average Bonchev–Trinajstić information content (AvgIpc) is 2.81. The van der Waals surface area contributed by atoms with Crippen LogP contribution in [0.15, 0.2) is 42.5 Å². The van der Waals surface area contributed by atoms with Gasteiger partial charge in [-0.3, -0.25) is 9.59 Å². The quantitative estimate of drug-likeness (QED) is 0.743. The van der Waals surface area contributed by atoms with E-state index in [1.54, 1.807) is 0 Å². The van der Waals surface area contributed by atoms with Gasteiger partial charge >= 0.3 is 0 Å². The standard InChI is InChI=1S/C25H33N3O2/c29-24(26-14-8-17-27-15-4-1-5-16-27)21-11-7-18-28(19-21)25(30)23-13-6-10-20-9-2-3-12-22(20)23/h2-3,6,9-10,12-13,21H,1,4-5,7-8,11,14-19H2,(H,26,29). The molecular weight excluding hydrogens is 374 g/mol. The van der Waals surface area contributed by atoms with Gasteiger partial charge < -0.3 is 15.1 Å². The van der Waals surface area contributed by atoms with Crippen molar-refractivity contribution >= 4 is 22.6 Å². The molecule has 2 aromatic carbocycles. The van der Waals surface area contributed by atoms with E-state index in [1.807, 2.05) is 47.4 Å². The van der Waals surface area contributed by atoms with Crippen LogP contribution in [0.4, 0.5) is 0 Å². The Morgan fingerprint density at radius 1 is 0.933 bits per heavy atom. The lowest BCUT2D eigenvalue weighted by molar-refractivity contribution is -0.126. The second kappa shape index (κ2) is 10.1. The van der Waals surface area contributed by atoms with Gasteiger partial charge in [0.2, 0.25) is 5.91 Å². The third-order valence-electron chi connectivity index (χ3n) is 6.50. The first-order valence-corrected chi connectivity index (χ1v) is 11.5. The number of amides is 2. The predicted molar refractivity (Wildman–Crippen MR) is 120 cm³/mol. The molecule has 160 valence electrons. The highest BCUT2D eigenvalue weighted by molar-refractivity contribution is 6.07. The Balaban J connectivity index is 1.30. The van der Waals surface area contributed by atoms with Crippen LogP contribution >= 0.6 is 0 Å². The van der Waals surface area contributed by atoms with Crippen molar-refractivity contribution in [3.05, 3.63) is 48.0 Å². The predicted octanol–water partition coefficient (Wildman–Crippen LogP) is 3.68. The number of benzene rings is 2. The zero-order chi connectivity index (χ0) is 20.8. The fourth-order valence-corrected chi connectivity index (χ4v) is 4.80. The monoisotopic (exact) mass is 407 g/mol. The molecule has 0 spiro atoms. The van der Waals surface area contributed by atoms with Crippen LogP contribution in [-0.2, 0) is 4.79 Å². The van der Waals surface area contributed by atoms with Gasteiger partial charge in [0.1, 0.15) is 0 Å². The van der Waals surface area contributed by atoms with Crippen molar-refractivity contribution in [3.63, 3.8) is 0 Å². The normalized spacial score (nSPS) is 20.3. The van der Waals surface area contributed by atoms with Gasteiger partial charge in [0.25, 0.3) is 5.91 Å². The highest BCUT2D eigenvalue weighted by Gasteiger charge is 2.29. The van der Waals surface area contributed by atoms with Crippen LogP contribution in [0, 0.1) is 5.92 Å². The van der Waals surface area contributed by atoms with Crippen LogP contribution < -0.4 is 5.32 Å². The molecule has 0 aliphatic carbocycles. The third kappa shape index (κ3) is 5.01. The molecule has 0 saturated carbocycles. The topological polar surface area (TPSA) is 52.7 Å². The first-order chi connectivity index (χ1) is 14.7. The minimum Gasteiger partial charge on any atom is -0.356 e. The lowest BCUT2D eigenvalue weighted by atomic mass is 9.95. The van der Waals surface area contributed by atoms with E-state index in [0.717, 1.165) is 55.2 Å². The molecular formula is C25H33N3O2. The summed E-state index contributed by atoms with van der Waals surface area (Å²) >= 11 is 0. The Bertz CT molecular complexity index is 870. The summed E-state index contributed by atoms with van der Waals surface area (Å²) in [6, 6.07) is 13.9. The number of hydrogen-bond donors (Lipinski definition) is 1. The van der Waals surface area contributed by atoms with E-state index in [9.17, 15) is 9.59 Å². The summed E-state index contributed by atoms with van der Waals surface area (Å²) in [7, 11) is 0. The molecule has 2 saturated heterocycles. The average molecular weight is 408 g/mol. The maximum Gasteiger partial charge on any atom is 0.254 e. The van der Waals surface area contributed by atoms with E-state index < -0.39 is 0 Å². The molecule has 0 radical (unpaired) electrons. The van der Waals surface area contributed by atoms with Gasteiger partial charge in [-0.25, -0.2) is 0 Å². The Hall–Kier alpha value is -2.40. The van der Waals surface area contributed by atoms with Crippen molar-refractivity contribution < 1.29 is 9.59 Å². The van der Waals surface area contributed by atoms with Crippen LogP contribution in [0.5, 0.6) is 0 Å². The molecule has 1 atom stereocenters. The number of carbonyl (C=O) groups is 2. The smallest absolute Gasteiger partial charge is 0.254 e. The number of carbonyl (C=O) groups excluding carboxylic acids is 2. The second-order valence-electron chi connectivity index (χ2n) is 8.66. The highest BCUT2D eigenvalue weighted by Crippen LogP contribution is 2.23. The van der Waals surface area contributed by atoms with Crippen LogP contribution in [0.25, 0.3) is 10.8 Å². The molecule has 0 bridgehead atoms. The van der Waals surface area contributed by atoms with Crippen molar-refractivity contribution in [2.75, 3.05) is 39.3 Å². The first kappa shape index (κ1) is 20.9. The Morgan fingerprint density at radius 3 is 2.60 bits per heavy atom. The van der Waals surface area contributed by atoms with Gasteiger partial charge in [-0.1, -0.05) is 42.8 Å². The van der Waals surface area contributed by atoms with E-state index in [1.165, 1.54) is 32.4 Å². The van der Waals surface area contributed by atoms with E-state index in [0.29, 0.717) is 6.54 Å². The molecule has 2 amide bonds. The van der Waals surface area contributed by atoms with Gasteiger partial charge in [0.05, 0.1) is 5.92 Å². The molecule has 2 aromatic rings. The van der Waals surface area contributed by atoms with E-state index in [-0.39, 0.29) is 17.7 Å². The van der Waals surface area contributed by atoms with Gasteiger partial charge in [-0.15, -0.1) is 0 Å². The van der Waals surface area contributed by atoms with Gasteiger partial charge in [0, 0.05) is 25.2 Å². The molecule has 1 N–H and O–H groups in total. The molecule has 2 heterocycles. The summed E-state index contributed by atoms with van der Waals surface area (Å²) in [6.45, 7) is 5.42. The van der Waals surface area contributed by atoms with Crippen LogP contribution in [0.3, 0.4) is 0 Å². The minimum atomic E-state index is -0.104. The molecule has 2 aliphatic heterocycles. The van der Waals surface area contributed by atoms with Crippen molar-refractivity contribution in [3.8, 4) is 0 Å². The number of nitrogens with one attached hydrogen (secondary N) is 1. The molecule has 2 fully saturated rings. The number of likely N-dealkylation sites (tertiary alicyclic amines) is 2. The molecule has 2 aliphatic rings. The highest BCUT2D eigenvalue weighted by atomic mass is 16.2. The van der Waals surface area contributed by atoms with Crippen LogP contribution in [-0.4, -0.2) is 60.9 Å². The van der Waals surface area contributed by atoms with E-state index in [2.05, 4.69) is 10.2 Å². The number of piperidine rings is 2. The molecule has 1 unspecified atom stereocenters. The summed E-state index contributed by atoms with van der Waals surface area (Å²) < 4.78 is 0. The molecule has 0 aromatic heterocycles. The van der Waals surface area contributed by atoms with Gasteiger partial charge in [-0.2, -0.15) is 0 Å². The lowest BCUT2D eigenvalue weighted by Gasteiger charge is -2.32. The van der Waals surface area contributed by atoms with E-state index >= 15 is 0 Å². The van der Waals surface area contributed by atoms with Crippen molar-refractivity contribution in [1.29, 1.82) is 0 Å². The fraction of sp³-hybridized carbons (Fsp3) is 0.520. The summed E-state index contributed by atoms with van der Waals surface area (Å²) in [6.07, 6.45) is 6.68. The summed E-state index contributed by atoms with van der Waals surface area (Å²) in [5.74, 6) is 0.0334. The SMILES string of the molecule is O=C(NCCCN1CCCCC1)C1CCCN(C(=O)c2cccc3ccccc23)C1. The Kier molecular flexibility index (Phi) is 7.00. The van der Waals surface area contributed by atoms with Crippen molar-refractivity contribution in [2.24, 2.45) is 5.92 Å². The van der Waals surface area contributed by atoms with Gasteiger partial charge in [0.15, 0.2) is 0 Å². The molecule has 5 heteroatoms. The zero-order valence-corrected chi connectivity index (χ0v) is 17.8. The van der Waals surface area contributed by atoms with Crippen molar-refractivity contribution in [1.82, 2.24) is 15.1 Å². The molecule has 30 heavy (non-hydrogen) atoms. The lowest BCUT2D eigenvalue weighted by Crippen LogP contribution is -2.45. The Morgan fingerprint density at radius 2 is 1.73 bits per heavy atom. The third-order valence-corrected chi connectivity index (χ3v) is 6.50. The largest absolute Gasteiger partial charge is 0.356 e. The Labute approximate surface area is 179 Å². The van der Waals surface area contributed by atoms with Gasteiger partial charge in [-0.05, 0) is 68.6 Å². The van der Waals surface area contributed by atoms with E-state index in [4.69, 9.17) is 0 Å². The second-order valence-corrected chi connectivity index (χ2v) is 8.66. The number of nitrogens with zero attached hydrogens (tertiary/aromatic N) is 2. The summed E-state index contributed by atoms with van der Waals surface area (Å²) in [5.41, 5.74) is 0.732. The molecule has 5 nitrogen and oxygen atoms in total. The van der Waals surface area contributed by atoms with Crippen LogP contribution in [0.1, 0.15) is 48.9 Å². The number of rotatable bonds is 6. The zero-order valence-electron chi connectivity index (χ0n) is 17.8. The minimum absolute atomic E-state index is 0.0365. The number of fused-ring (bicyclic) bond motifs is 1. The summed E-state index contributed by atoms with van der Waals surface area (Å²) in [4.78, 5) is 30.3. The summed E-state index contributed by atoms with van der Waals surface area (Å²) in [5, 5.41) is 5.17. The molecule has 4 rings (SSSR count).